The Bertz CT molecular complexity index is 656. The first kappa shape index (κ1) is 17.8. The van der Waals surface area contributed by atoms with E-state index < -0.39 is 0 Å². The SMILES string of the molecule is Cl.NCc1ccc(C(=O)N2CCCC2c2ccc(Cl)cc2)cc1. The van der Waals surface area contributed by atoms with Crippen LogP contribution in [0.25, 0.3) is 0 Å². The van der Waals surface area contributed by atoms with Gasteiger partial charge in [-0.2, -0.15) is 0 Å². The van der Waals surface area contributed by atoms with Crippen LogP contribution in [0.2, 0.25) is 5.02 Å². The lowest BCUT2D eigenvalue weighted by molar-refractivity contribution is 0.0735. The Morgan fingerprint density at radius 3 is 2.39 bits per heavy atom. The van der Waals surface area contributed by atoms with Gasteiger partial charge in [0.1, 0.15) is 0 Å². The number of carbonyl (C=O) groups is 1. The molecular weight excluding hydrogens is 331 g/mol. The summed E-state index contributed by atoms with van der Waals surface area (Å²) in [6, 6.07) is 15.5. The van der Waals surface area contributed by atoms with Gasteiger partial charge in [0.15, 0.2) is 0 Å². The second-order valence-corrected chi connectivity index (χ2v) is 6.05. The molecule has 1 fully saturated rings. The van der Waals surface area contributed by atoms with E-state index in [0.29, 0.717) is 6.54 Å². The molecule has 1 aliphatic heterocycles. The first-order valence-corrected chi connectivity index (χ1v) is 7.92. The number of hydrogen-bond donors (Lipinski definition) is 1. The summed E-state index contributed by atoms with van der Waals surface area (Å²) in [6.45, 7) is 1.29. The van der Waals surface area contributed by atoms with Crippen molar-refractivity contribution in [2.45, 2.75) is 25.4 Å². The zero-order chi connectivity index (χ0) is 15.5. The van der Waals surface area contributed by atoms with Crippen molar-refractivity contribution in [1.29, 1.82) is 0 Å². The zero-order valence-electron chi connectivity index (χ0n) is 12.7. The van der Waals surface area contributed by atoms with Crippen LogP contribution in [0.15, 0.2) is 48.5 Å². The molecule has 2 N–H and O–H groups in total. The summed E-state index contributed by atoms with van der Waals surface area (Å²) in [6.07, 6.45) is 2.02. The quantitative estimate of drug-likeness (QED) is 0.901. The molecule has 1 heterocycles. The molecule has 0 radical (unpaired) electrons. The van der Waals surface area contributed by atoms with E-state index in [2.05, 4.69) is 0 Å². The Morgan fingerprint density at radius 2 is 1.78 bits per heavy atom. The molecule has 3 nitrogen and oxygen atoms in total. The highest BCUT2D eigenvalue weighted by Gasteiger charge is 2.30. The number of benzene rings is 2. The van der Waals surface area contributed by atoms with Gasteiger partial charge < -0.3 is 10.6 Å². The molecule has 2 aromatic rings. The fourth-order valence-electron chi connectivity index (χ4n) is 2.99. The van der Waals surface area contributed by atoms with Crippen molar-refractivity contribution in [2.24, 2.45) is 5.73 Å². The maximum Gasteiger partial charge on any atom is 0.254 e. The molecular formula is C18H20Cl2N2O. The molecule has 122 valence electrons. The van der Waals surface area contributed by atoms with Crippen LogP contribution >= 0.6 is 24.0 Å². The van der Waals surface area contributed by atoms with Gasteiger partial charge in [-0.1, -0.05) is 35.9 Å². The number of likely N-dealkylation sites (tertiary alicyclic amines) is 1. The van der Waals surface area contributed by atoms with Crippen LogP contribution in [-0.2, 0) is 6.54 Å². The Hall–Kier alpha value is -1.55. The minimum Gasteiger partial charge on any atom is -0.332 e. The van der Waals surface area contributed by atoms with Crippen LogP contribution in [0, 0.1) is 0 Å². The van der Waals surface area contributed by atoms with Gasteiger partial charge in [0, 0.05) is 23.7 Å². The number of nitrogens with two attached hydrogens (primary N) is 1. The zero-order valence-corrected chi connectivity index (χ0v) is 14.3. The number of nitrogens with zero attached hydrogens (tertiary/aromatic N) is 1. The standard InChI is InChI=1S/C18H19ClN2O.ClH/c19-16-9-7-14(8-10-16)17-2-1-11-21(17)18(22)15-5-3-13(12-20)4-6-15;/h3-10,17H,1-2,11-12,20H2;1H. The van der Waals surface area contributed by atoms with Crippen LogP contribution in [0.5, 0.6) is 0 Å². The van der Waals surface area contributed by atoms with Crippen molar-refractivity contribution in [3.63, 3.8) is 0 Å². The summed E-state index contributed by atoms with van der Waals surface area (Å²) in [4.78, 5) is 14.7. The molecule has 2 aromatic carbocycles. The van der Waals surface area contributed by atoms with E-state index in [9.17, 15) is 4.79 Å². The minimum absolute atomic E-state index is 0. The molecule has 0 spiro atoms. The molecule has 5 heteroatoms. The summed E-state index contributed by atoms with van der Waals surface area (Å²) in [5, 5.41) is 0.719. The first-order chi connectivity index (χ1) is 10.7. The second kappa shape index (κ2) is 7.82. The van der Waals surface area contributed by atoms with E-state index in [1.54, 1.807) is 0 Å². The van der Waals surface area contributed by atoms with Gasteiger partial charge in [-0.3, -0.25) is 4.79 Å². The van der Waals surface area contributed by atoms with E-state index >= 15 is 0 Å². The topological polar surface area (TPSA) is 46.3 Å². The van der Waals surface area contributed by atoms with Gasteiger partial charge in [-0.15, -0.1) is 12.4 Å². The van der Waals surface area contributed by atoms with Gasteiger partial charge in [0.2, 0.25) is 0 Å². The molecule has 0 aromatic heterocycles. The number of carbonyl (C=O) groups excluding carboxylic acids is 1. The lowest BCUT2D eigenvalue weighted by Gasteiger charge is -2.25. The fraction of sp³-hybridized carbons (Fsp3) is 0.278. The average molecular weight is 351 g/mol. The number of halogens is 2. The van der Waals surface area contributed by atoms with Crippen molar-refractivity contribution >= 4 is 29.9 Å². The van der Waals surface area contributed by atoms with Gasteiger partial charge in [0.05, 0.1) is 6.04 Å². The third-order valence-electron chi connectivity index (χ3n) is 4.21. The molecule has 1 aliphatic rings. The average Bonchev–Trinajstić information content (AvgIpc) is 3.04. The number of rotatable bonds is 3. The molecule has 1 atom stereocenters. The van der Waals surface area contributed by atoms with Crippen LogP contribution in [0.1, 0.15) is 40.4 Å². The molecule has 0 saturated carbocycles. The smallest absolute Gasteiger partial charge is 0.254 e. The predicted octanol–water partition coefficient (Wildman–Crippen LogP) is 4.20. The third-order valence-corrected chi connectivity index (χ3v) is 4.46. The largest absolute Gasteiger partial charge is 0.332 e. The predicted molar refractivity (Wildman–Crippen MR) is 96.0 cm³/mol. The highest BCUT2D eigenvalue weighted by Crippen LogP contribution is 2.33. The summed E-state index contributed by atoms with van der Waals surface area (Å²) >= 11 is 5.95. The Balaban J connectivity index is 0.00000192. The molecule has 1 unspecified atom stereocenters. The van der Waals surface area contributed by atoms with Gasteiger partial charge in [-0.25, -0.2) is 0 Å². The van der Waals surface area contributed by atoms with E-state index in [1.165, 1.54) is 0 Å². The van der Waals surface area contributed by atoms with Gasteiger partial charge in [0.25, 0.3) is 5.91 Å². The maximum atomic E-state index is 12.8. The Labute approximate surface area is 147 Å². The monoisotopic (exact) mass is 350 g/mol. The van der Waals surface area contributed by atoms with E-state index in [1.807, 2.05) is 53.4 Å². The molecule has 3 rings (SSSR count). The van der Waals surface area contributed by atoms with E-state index in [-0.39, 0.29) is 24.4 Å². The van der Waals surface area contributed by atoms with Crippen molar-refractivity contribution in [2.75, 3.05) is 6.54 Å². The summed E-state index contributed by atoms with van der Waals surface area (Å²) < 4.78 is 0. The van der Waals surface area contributed by atoms with E-state index in [0.717, 1.165) is 41.1 Å². The number of hydrogen-bond acceptors (Lipinski definition) is 2. The molecule has 0 aliphatic carbocycles. The van der Waals surface area contributed by atoms with E-state index in [4.69, 9.17) is 17.3 Å². The molecule has 23 heavy (non-hydrogen) atoms. The molecule has 1 amide bonds. The highest BCUT2D eigenvalue weighted by atomic mass is 35.5. The fourth-order valence-corrected chi connectivity index (χ4v) is 3.12. The molecule has 1 saturated heterocycles. The van der Waals surface area contributed by atoms with Crippen LogP contribution in [-0.4, -0.2) is 17.4 Å². The van der Waals surface area contributed by atoms with Crippen molar-refractivity contribution < 1.29 is 4.79 Å². The van der Waals surface area contributed by atoms with Crippen molar-refractivity contribution in [3.05, 3.63) is 70.2 Å². The number of amides is 1. The summed E-state index contributed by atoms with van der Waals surface area (Å²) in [5.41, 5.74) is 8.50. The van der Waals surface area contributed by atoms with Gasteiger partial charge in [-0.05, 0) is 48.2 Å². The second-order valence-electron chi connectivity index (χ2n) is 5.61. The Morgan fingerprint density at radius 1 is 1.13 bits per heavy atom. The summed E-state index contributed by atoms with van der Waals surface area (Å²) in [5.74, 6) is 0.0843. The van der Waals surface area contributed by atoms with Gasteiger partial charge >= 0.3 is 0 Å². The van der Waals surface area contributed by atoms with Crippen molar-refractivity contribution in [3.8, 4) is 0 Å². The molecule has 0 bridgehead atoms. The Kier molecular flexibility index (Phi) is 6.05. The highest BCUT2D eigenvalue weighted by molar-refractivity contribution is 6.30. The minimum atomic E-state index is 0. The summed E-state index contributed by atoms with van der Waals surface area (Å²) in [7, 11) is 0. The van der Waals surface area contributed by atoms with Crippen LogP contribution < -0.4 is 5.73 Å². The van der Waals surface area contributed by atoms with Crippen molar-refractivity contribution in [1.82, 2.24) is 4.90 Å². The lowest BCUT2D eigenvalue weighted by atomic mass is 10.0. The first-order valence-electron chi connectivity index (χ1n) is 7.54. The van der Waals surface area contributed by atoms with Crippen LogP contribution in [0.3, 0.4) is 0 Å². The third kappa shape index (κ3) is 3.86. The normalized spacial score (nSPS) is 17.0. The van der Waals surface area contributed by atoms with Crippen LogP contribution in [0.4, 0.5) is 0 Å². The maximum absolute atomic E-state index is 12.8. The lowest BCUT2D eigenvalue weighted by Crippen LogP contribution is -2.30.